The standard InChI is InChI=1S/C10H18ClN3O2/c1-4-5-8(6-15-3)12-10-14-13-9(16-10)7(2)11/h7-8H,4-6H2,1-3H3,(H,12,14). The van der Waals surface area contributed by atoms with Gasteiger partial charge in [0.25, 0.3) is 0 Å². The molecule has 2 atom stereocenters. The summed E-state index contributed by atoms with van der Waals surface area (Å²) in [5.41, 5.74) is 0. The van der Waals surface area contributed by atoms with Crippen molar-refractivity contribution < 1.29 is 9.15 Å². The fourth-order valence-corrected chi connectivity index (χ4v) is 1.46. The van der Waals surface area contributed by atoms with E-state index >= 15 is 0 Å². The van der Waals surface area contributed by atoms with E-state index in [0.717, 1.165) is 12.8 Å². The Kier molecular flexibility index (Phi) is 5.55. The van der Waals surface area contributed by atoms with E-state index in [0.29, 0.717) is 18.5 Å². The molecule has 0 saturated carbocycles. The summed E-state index contributed by atoms with van der Waals surface area (Å²) in [4.78, 5) is 0. The van der Waals surface area contributed by atoms with E-state index in [-0.39, 0.29) is 11.4 Å². The van der Waals surface area contributed by atoms with Crippen LogP contribution in [0, 0.1) is 0 Å². The van der Waals surface area contributed by atoms with Crippen LogP contribution in [0.15, 0.2) is 4.42 Å². The van der Waals surface area contributed by atoms with E-state index in [1.165, 1.54) is 0 Å². The molecule has 0 fully saturated rings. The Morgan fingerprint density at radius 3 is 2.75 bits per heavy atom. The van der Waals surface area contributed by atoms with Crippen LogP contribution in [0.25, 0.3) is 0 Å². The Morgan fingerprint density at radius 2 is 2.25 bits per heavy atom. The van der Waals surface area contributed by atoms with Gasteiger partial charge in [0.05, 0.1) is 12.6 Å². The number of anilines is 1. The summed E-state index contributed by atoms with van der Waals surface area (Å²) in [6, 6.07) is 0.590. The van der Waals surface area contributed by atoms with Crippen molar-refractivity contribution >= 4 is 17.6 Å². The van der Waals surface area contributed by atoms with Crippen LogP contribution in [0.5, 0.6) is 0 Å². The van der Waals surface area contributed by atoms with Crippen LogP contribution in [0.2, 0.25) is 0 Å². The SMILES string of the molecule is CCCC(COC)Nc1nnc(C(C)Cl)o1. The predicted molar refractivity (Wildman–Crippen MR) is 62.8 cm³/mol. The summed E-state index contributed by atoms with van der Waals surface area (Å²) in [5, 5.41) is 10.6. The molecule has 0 saturated heterocycles. The van der Waals surface area contributed by atoms with Crippen molar-refractivity contribution in [1.82, 2.24) is 10.2 Å². The molecule has 1 aromatic heterocycles. The van der Waals surface area contributed by atoms with Crippen LogP contribution in [0.3, 0.4) is 0 Å². The fourth-order valence-electron chi connectivity index (χ4n) is 1.38. The zero-order valence-corrected chi connectivity index (χ0v) is 10.6. The molecule has 5 nitrogen and oxygen atoms in total. The van der Waals surface area contributed by atoms with E-state index in [1.807, 2.05) is 0 Å². The zero-order chi connectivity index (χ0) is 12.0. The normalized spacial score (nSPS) is 14.8. The van der Waals surface area contributed by atoms with E-state index in [9.17, 15) is 0 Å². The molecule has 0 aliphatic carbocycles. The second kappa shape index (κ2) is 6.70. The molecular weight excluding hydrogens is 230 g/mol. The minimum absolute atomic E-state index is 0.189. The number of hydrogen-bond donors (Lipinski definition) is 1. The Labute approximate surface area is 101 Å². The van der Waals surface area contributed by atoms with Gasteiger partial charge < -0.3 is 14.5 Å². The smallest absolute Gasteiger partial charge is 0.315 e. The van der Waals surface area contributed by atoms with Gasteiger partial charge in [-0.1, -0.05) is 18.4 Å². The maximum Gasteiger partial charge on any atom is 0.315 e. The lowest BCUT2D eigenvalue weighted by atomic mass is 10.2. The highest BCUT2D eigenvalue weighted by Crippen LogP contribution is 2.19. The average molecular weight is 248 g/mol. The Bertz CT molecular complexity index is 298. The topological polar surface area (TPSA) is 60.2 Å². The second-order valence-corrected chi connectivity index (χ2v) is 4.30. The molecule has 1 N–H and O–H groups in total. The van der Waals surface area contributed by atoms with Gasteiger partial charge >= 0.3 is 6.01 Å². The highest BCUT2D eigenvalue weighted by Gasteiger charge is 2.14. The monoisotopic (exact) mass is 247 g/mol. The minimum atomic E-state index is -0.268. The van der Waals surface area contributed by atoms with E-state index in [1.54, 1.807) is 14.0 Å². The lowest BCUT2D eigenvalue weighted by molar-refractivity contribution is 0.181. The number of methoxy groups -OCH3 is 1. The Balaban J connectivity index is 2.55. The molecule has 6 heteroatoms. The summed E-state index contributed by atoms with van der Waals surface area (Å²) in [6.45, 7) is 4.52. The van der Waals surface area contributed by atoms with Crippen LogP contribution in [0.1, 0.15) is 38.0 Å². The van der Waals surface area contributed by atoms with Crippen molar-refractivity contribution in [3.63, 3.8) is 0 Å². The van der Waals surface area contributed by atoms with Gasteiger partial charge in [0.2, 0.25) is 5.89 Å². The van der Waals surface area contributed by atoms with Gasteiger partial charge in [0.1, 0.15) is 5.38 Å². The minimum Gasteiger partial charge on any atom is -0.406 e. The van der Waals surface area contributed by atoms with Gasteiger partial charge in [-0.2, -0.15) is 0 Å². The molecule has 0 bridgehead atoms. The van der Waals surface area contributed by atoms with E-state index in [4.69, 9.17) is 20.8 Å². The number of aromatic nitrogens is 2. The molecule has 92 valence electrons. The Morgan fingerprint density at radius 1 is 1.50 bits per heavy atom. The van der Waals surface area contributed by atoms with Crippen molar-refractivity contribution in [2.24, 2.45) is 0 Å². The summed E-state index contributed by atoms with van der Waals surface area (Å²) in [5.74, 6) is 0.428. The third kappa shape index (κ3) is 3.98. The summed E-state index contributed by atoms with van der Waals surface area (Å²) in [7, 11) is 1.67. The van der Waals surface area contributed by atoms with E-state index < -0.39 is 0 Å². The van der Waals surface area contributed by atoms with Gasteiger partial charge in [0.15, 0.2) is 0 Å². The molecular formula is C10H18ClN3O2. The van der Waals surface area contributed by atoms with Crippen LogP contribution in [-0.2, 0) is 4.74 Å². The lowest BCUT2D eigenvalue weighted by Crippen LogP contribution is -2.24. The Hall–Kier alpha value is -0.810. The molecule has 16 heavy (non-hydrogen) atoms. The van der Waals surface area contributed by atoms with Gasteiger partial charge in [-0.25, -0.2) is 0 Å². The lowest BCUT2D eigenvalue weighted by Gasteiger charge is -2.14. The first-order valence-corrected chi connectivity index (χ1v) is 5.84. The van der Waals surface area contributed by atoms with E-state index in [2.05, 4.69) is 22.4 Å². The van der Waals surface area contributed by atoms with Crippen LogP contribution in [-0.4, -0.2) is 30.0 Å². The van der Waals surface area contributed by atoms with Gasteiger partial charge in [0, 0.05) is 7.11 Å². The maximum atomic E-state index is 5.83. The molecule has 0 aromatic carbocycles. The van der Waals surface area contributed by atoms with Crippen molar-refractivity contribution in [1.29, 1.82) is 0 Å². The van der Waals surface area contributed by atoms with Crippen molar-refractivity contribution in [3.8, 4) is 0 Å². The van der Waals surface area contributed by atoms with Gasteiger partial charge in [-0.05, 0) is 13.3 Å². The first-order valence-electron chi connectivity index (χ1n) is 5.40. The molecule has 0 radical (unpaired) electrons. The number of alkyl halides is 1. The predicted octanol–water partition coefficient (Wildman–Crippen LogP) is 2.60. The van der Waals surface area contributed by atoms with Crippen molar-refractivity contribution in [3.05, 3.63) is 5.89 Å². The number of hydrogen-bond acceptors (Lipinski definition) is 5. The third-order valence-corrected chi connectivity index (χ3v) is 2.30. The first kappa shape index (κ1) is 13.3. The number of rotatable bonds is 7. The largest absolute Gasteiger partial charge is 0.406 e. The summed E-state index contributed by atoms with van der Waals surface area (Å²) < 4.78 is 10.5. The van der Waals surface area contributed by atoms with Crippen LogP contribution in [0.4, 0.5) is 6.01 Å². The number of nitrogens with one attached hydrogen (secondary N) is 1. The number of halogens is 1. The quantitative estimate of drug-likeness (QED) is 0.751. The van der Waals surface area contributed by atoms with Crippen LogP contribution < -0.4 is 5.32 Å². The molecule has 0 amide bonds. The molecule has 0 spiro atoms. The highest BCUT2D eigenvalue weighted by molar-refractivity contribution is 6.20. The van der Waals surface area contributed by atoms with Gasteiger partial charge in [-0.3, -0.25) is 0 Å². The molecule has 0 aliphatic heterocycles. The molecule has 1 aromatic rings. The zero-order valence-electron chi connectivity index (χ0n) is 9.86. The fraction of sp³-hybridized carbons (Fsp3) is 0.800. The summed E-state index contributed by atoms with van der Waals surface area (Å²) >= 11 is 5.83. The molecule has 0 aliphatic rings. The van der Waals surface area contributed by atoms with Crippen molar-refractivity contribution in [2.75, 3.05) is 19.0 Å². The number of nitrogens with zero attached hydrogens (tertiary/aromatic N) is 2. The molecule has 1 rings (SSSR count). The molecule has 1 heterocycles. The van der Waals surface area contributed by atoms with Crippen LogP contribution >= 0.6 is 11.6 Å². The van der Waals surface area contributed by atoms with Gasteiger partial charge in [-0.15, -0.1) is 16.7 Å². The summed E-state index contributed by atoms with van der Waals surface area (Å²) in [6.07, 6.45) is 2.05. The average Bonchev–Trinajstić information content (AvgIpc) is 2.67. The maximum absolute atomic E-state index is 5.83. The second-order valence-electron chi connectivity index (χ2n) is 3.65. The first-order chi connectivity index (χ1) is 7.67. The third-order valence-electron chi connectivity index (χ3n) is 2.11. The number of ether oxygens (including phenoxy) is 1. The highest BCUT2D eigenvalue weighted by atomic mass is 35.5. The van der Waals surface area contributed by atoms with Crippen molar-refractivity contribution in [2.45, 2.75) is 38.1 Å². The molecule has 2 unspecified atom stereocenters.